The second-order valence-electron chi connectivity index (χ2n) is 7.94. The Balaban J connectivity index is 1.51. The van der Waals surface area contributed by atoms with E-state index in [2.05, 4.69) is 10.2 Å². The van der Waals surface area contributed by atoms with Crippen molar-refractivity contribution in [3.63, 3.8) is 0 Å². The van der Waals surface area contributed by atoms with Crippen LogP contribution >= 0.6 is 11.8 Å². The molecule has 6 heteroatoms. The van der Waals surface area contributed by atoms with E-state index in [0.717, 1.165) is 42.2 Å². The number of ketones is 1. The summed E-state index contributed by atoms with van der Waals surface area (Å²) in [6.07, 6.45) is 7.42. The number of aliphatic hydroxyl groups is 1. The fraction of sp³-hybridized carbons (Fsp3) is 0.824. The standard InChI is InChI=1S/C17H25N3O2S/c1-10(23-16-19-18-14(9-21)20(16)2)15(22)17-6-11-3-12(7-17)5-13(4-11)8-17/h10-13,21H,3-9H2,1-2H3. The lowest BCUT2D eigenvalue weighted by Crippen LogP contribution is -2.51. The monoisotopic (exact) mass is 335 g/mol. The molecule has 0 spiro atoms. The first-order chi connectivity index (χ1) is 11.0. The summed E-state index contributed by atoms with van der Waals surface area (Å²) >= 11 is 1.49. The summed E-state index contributed by atoms with van der Waals surface area (Å²) in [4.78, 5) is 13.3. The summed E-state index contributed by atoms with van der Waals surface area (Å²) in [7, 11) is 1.84. The van der Waals surface area contributed by atoms with Crippen molar-refractivity contribution in [1.29, 1.82) is 0 Å². The van der Waals surface area contributed by atoms with Crippen molar-refractivity contribution < 1.29 is 9.90 Å². The smallest absolute Gasteiger partial charge is 0.191 e. The summed E-state index contributed by atoms with van der Waals surface area (Å²) in [6, 6.07) is 0. The highest BCUT2D eigenvalue weighted by Gasteiger charge is 2.55. The van der Waals surface area contributed by atoms with E-state index in [4.69, 9.17) is 0 Å². The first kappa shape index (κ1) is 15.6. The highest BCUT2D eigenvalue weighted by Crippen LogP contribution is 2.61. The van der Waals surface area contributed by atoms with Crippen LogP contribution in [0.3, 0.4) is 0 Å². The number of carbonyl (C=O) groups excluding carboxylic acids is 1. The highest BCUT2D eigenvalue weighted by atomic mass is 32.2. The molecule has 5 nitrogen and oxygen atoms in total. The molecule has 4 saturated carbocycles. The van der Waals surface area contributed by atoms with E-state index >= 15 is 0 Å². The van der Waals surface area contributed by atoms with Gasteiger partial charge in [0, 0.05) is 12.5 Å². The normalized spacial score (nSPS) is 36.4. The molecule has 4 fully saturated rings. The third-order valence-electron chi connectivity index (χ3n) is 6.28. The number of Topliss-reactive ketones (excluding diaryl/α,β-unsaturated/α-hetero) is 1. The molecule has 0 radical (unpaired) electrons. The molecule has 0 amide bonds. The largest absolute Gasteiger partial charge is 0.388 e. The van der Waals surface area contributed by atoms with E-state index in [1.165, 1.54) is 31.0 Å². The zero-order valence-corrected chi connectivity index (χ0v) is 14.7. The lowest BCUT2D eigenvalue weighted by atomic mass is 9.48. The van der Waals surface area contributed by atoms with Gasteiger partial charge >= 0.3 is 0 Å². The predicted octanol–water partition coefficient (Wildman–Crippen LogP) is 2.57. The van der Waals surface area contributed by atoms with Crippen LogP contribution in [0.4, 0.5) is 0 Å². The first-order valence-electron chi connectivity index (χ1n) is 8.71. The second-order valence-corrected chi connectivity index (χ2v) is 9.25. The van der Waals surface area contributed by atoms with E-state index in [1.807, 2.05) is 14.0 Å². The second kappa shape index (κ2) is 5.59. The van der Waals surface area contributed by atoms with Crippen molar-refractivity contribution in [1.82, 2.24) is 14.8 Å². The molecule has 0 aromatic carbocycles. The molecule has 4 aliphatic rings. The third-order valence-corrected chi connectivity index (χ3v) is 7.41. The zero-order chi connectivity index (χ0) is 16.2. The van der Waals surface area contributed by atoms with Gasteiger partial charge in [0.25, 0.3) is 0 Å². The summed E-state index contributed by atoms with van der Waals surface area (Å²) in [6.45, 7) is 1.89. The van der Waals surface area contributed by atoms with E-state index < -0.39 is 0 Å². The van der Waals surface area contributed by atoms with Gasteiger partial charge in [0.15, 0.2) is 16.8 Å². The number of hydrogen-bond acceptors (Lipinski definition) is 5. The fourth-order valence-corrected chi connectivity index (χ4v) is 6.67. The minimum atomic E-state index is -0.124. The molecule has 0 saturated heterocycles. The molecule has 5 rings (SSSR count). The van der Waals surface area contributed by atoms with Crippen LogP contribution < -0.4 is 0 Å². The predicted molar refractivity (Wildman–Crippen MR) is 87.9 cm³/mol. The van der Waals surface area contributed by atoms with Crippen LogP contribution in [0.2, 0.25) is 0 Å². The molecule has 1 N–H and O–H groups in total. The first-order valence-corrected chi connectivity index (χ1v) is 9.59. The summed E-state index contributed by atoms with van der Waals surface area (Å²) in [5, 5.41) is 17.9. The average molecular weight is 335 g/mol. The van der Waals surface area contributed by atoms with Gasteiger partial charge in [-0.2, -0.15) is 0 Å². The molecule has 1 aromatic rings. The third kappa shape index (κ3) is 2.54. The van der Waals surface area contributed by atoms with Crippen LogP contribution in [-0.4, -0.2) is 30.9 Å². The Kier molecular flexibility index (Phi) is 3.80. The van der Waals surface area contributed by atoms with Crippen LogP contribution in [0, 0.1) is 23.2 Å². The maximum atomic E-state index is 13.3. The van der Waals surface area contributed by atoms with Gasteiger partial charge in [-0.1, -0.05) is 11.8 Å². The van der Waals surface area contributed by atoms with Gasteiger partial charge in [0.1, 0.15) is 6.61 Å². The lowest BCUT2D eigenvalue weighted by molar-refractivity contribution is -0.142. The number of carbonyl (C=O) groups is 1. The number of nitrogens with zero attached hydrogens (tertiary/aromatic N) is 3. The molecular weight excluding hydrogens is 310 g/mol. The fourth-order valence-electron chi connectivity index (χ4n) is 5.64. The van der Waals surface area contributed by atoms with E-state index in [9.17, 15) is 9.90 Å². The van der Waals surface area contributed by atoms with Crippen molar-refractivity contribution in [3.8, 4) is 0 Å². The Labute approximate surface area is 141 Å². The number of aromatic nitrogens is 3. The Hall–Kier alpha value is -0.880. The zero-order valence-electron chi connectivity index (χ0n) is 13.9. The molecule has 1 unspecified atom stereocenters. The molecule has 1 heterocycles. The van der Waals surface area contributed by atoms with E-state index in [1.54, 1.807) is 4.57 Å². The van der Waals surface area contributed by atoms with E-state index in [-0.39, 0.29) is 17.3 Å². The number of rotatable bonds is 5. The number of aliphatic hydroxyl groups excluding tert-OH is 1. The van der Waals surface area contributed by atoms with Gasteiger partial charge in [-0.15, -0.1) is 10.2 Å². The van der Waals surface area contributed by atoms with Crippen molar-refractivity contribution in [3.05, 3.63) is 5.82 Å². The molecule has 0 aliphatic heterocycles. The van der Waals surface area contributed by atoms with Crippen molar-refractivity contribution in [2.45, 2.75) is 62.5 Å². The number of thioether (sulfide) groups is 1. The van der Waals surface area contributed by atoms with Gasteiger partial charge in [-0.3, -0.25) is 4.79 Å². The quantitative estimate of drug-likeness (QED) is 0.838. The molecule has 126 valence electrons. The Morgan fingerprint density at radius 1 is 1.26 bits per heavy atom. The maximum Gasteiger partial charge on any atom is 0.191 e. The van der Waals surface area contributed by atoms with Crippen LogP contribution in [0.1, 0.15) is 51.3 Å². The molecule has 23 heavy (non-hydrogen) atoms. The van der Waals surface area contributed by atoms with Gasteiger partial charge in [0.05, 0.1) is 5.25 Å². The minimum Gasteiger partial charge on any atom is -0.388 e. The molecule has 4 aliphatic carbocycles. The maximum absolute atomic E-state index is 13.3. The SMILES string of the molecule is CC(Sc1nnc(CO)n1C)C(=O)C12CC3CC(CC(C3)C1)C2. The molecule has 4 bridgehead atoms. The topological polar surface area (TPSA) is 68.0 Å². The van der Waals surface area contributed by atoms with Crippen LogP contribution in [0.15, 0.2) is 5.16 Å². The summed E-state index contributed by atoms with van der Waals surface area (Å²) in [5.41, 5.74) is -0.0560. The lowest BCUT2D eigenvalue weighted by Gasteiger charge is -2.56. The van der Waals surface area contributed by atoms with Gasteiger partial charge in [-0.05, 0) is 63.2 Å². The molecular formula is C17H25N3O2S. The van der Waals surface area contributed by atoms with Crippen molar-refractivity contribution in [2.75, 3.05) is 0 Å². The van der Waals surface area contributed by atoms with Crippen LogP contribution in [0.5, 0.6) is 0 Å². The van der Waals surface area contributed by atoms with Gasteiger partial charge in [-0.25, -0.2) is 0 Å². The van der Waals surface area contributed by atoms with Gasteiger partial charge in [0.2, 0.25) is 0 Å². The highest BCUT2D eigenvalue weighted by molar-refractivity contribution is 8.00. The molecule has 1 aromatic heterocycles. The van der Waals surface area contributed by atoms with Crippen molar-refractivity contribution >= 4 is 17.5 Å². The summed E-state index contributed by atoms with van der Waals surface area (Å²) < 4.78 is 1.79. The van der Waals surface area contributed by atoms with Crippen LogP contribution in [0.25, 0.3) is 0 Å². The Morgan fingerprint density at radius 2 is 1.83 bits per heavy atom. The Morgan fingerprint density at radius 3 is 2.30 bits per heavy atom. The average Bonchev–Trinajstić information content (AvgIpc) is 2.85. The van der Waals surface area contributed by atoms with Crippen molar-refractivity contribution in [2.24, 2.45) is 30.2 Å². The Bertz CT molecular complexity index is 592. The summed E-state index contributed by atoms with van der Waals surface area (Å²) in [5.74, 6) is 3.34. The molecule has 1 atom stereocenters. The van der Waals surface area contributed by atoms with Gasteiger partial charge < -0.3 is 9.67 Å². The minimum absolute atomic E-state index is 0.0560. The number of hydrogen-bond donors (Lipinski definition) is 1. The van der Waals surface area contributed by atoms with E-state index in [0.29, 0.717) is 11.6 Å². The van der Waals surface area contributed by atoms with Crippen LogP contribution in [-0.2, 0) is 18.4 Å².